The minimum Gasteiger partial charge on any atom is -0.405 e. The second kappa shape index (κ2) is 6.62. The molecule has 0 bridgehead atoms. The molecule has 1 aliphatic rings. The van der Waals surface area contributed by atoms with Gasteiger partial charge in [-0.1, -0.05) is 22.9 Å². The minimum atomic E-state index is -0.227. The number of nitrogens with one attached hydrogen (secondary N) is 1. The van der Waals surface area contributed by atoms with Crippen molar-refractivity contribution in [2.24, 2.45) is 0 Å². The smallest absolute Gasteiger partial charge is 0.322 e. The second-order valence-electron chi connectivity index (χ2n) is 5.32. The molecule has 0 radical (unpaired) electrons. The zero-order valence-electron chi connectivity index (χ0n) is 12.7. The van der Waals surface area contributed by atoms with Gasteiger partial charge in [0.25, 0.3) is 0 Å². The third kappa shape index (κ3) is 3.13. The molecule has 1 atom stereocenters. The first-order valence-electron chi connectivity index (χ1n) is 7.59. The molecule has 1 N–H and O–H groups in total. The molecule has 1 unspecified atom stereocenters. The molecule has 124 valence electrons. The molecule has 3 aromatic rings. The summed E-state index contributed by atoms with van der Waals surface area (Å²) in [6.07, 6.45) is 5.36. The lowest BCUT2D eigenvalue weighted by Gasteiger charge is -2.02. The molecule has 8 nitrogen and oxygen atoms in total. The lowest BCUT2D eigenvalue weighted by atomic mass is 10.2. The first-order chi connectivity index (χ1) is 11.8. The molecule has 0 spiro atoms. The van der Waals surface area contributed by atoms with Gasteiger partial charge in [-0.2, -0.15) is 0 Å². The third-order valence-electron chi connectivity index (χ3n) is 3.63. The summed E-state index contributed by atoms with van der Waals surface area (Å²) < 4.78 is 12.8. The van der Waals surface area contributed by atoms with Gasteiger partial charge in [-0.05, 0) is 25.0 Å². The van der Waals surface area contributed by atoms with Gasteiger partial charge in [0, 0.05) is 12.8 Å². The molecule has 1 aliphatic heterocycles. The van der Waals surface area contributed by atoms with Crippen LogP contribution in [0.3, 0.4) is 0 Å². The second-order valence-corrected chi connectivity index (χ2v) is 6.26. The predicted octanol–water partition coefficient (Wildman–Crippen LogP) is 2.30. The highest BCUT2D eigenvalue weighted by molar-refractivity contribution is 7.99. The Morgan fingerprint density at radius 2 is 2.38 bits per heavy atom. The fourth-order valence-electron chi connectivity index (χ4n) is 2.50. The van der Waals surface area contributed by atoms with Crippen molar-refractivity contribution in [2.75, 3.05) is 17.7 Å². The maximum atomic E-state index is 12.0. The van der Waals surface area contributed by atoms with Crippen LogP contribution in [0.4, 0.5) is 6.01 Å². The molecule has 1 fully saturated rings. The number of aromatic nitrogens is 4. The zero-order chi connectivity index (χ0) is 16.4. The van der Waals surface area contributed by atoms with Crippen LogP contribution in [0.15, 0.2) is 40.2 Å². The Hall–Kier alpha value is -2.39. The first kappa shape index (κ1) is 15.2. The Bertz CT molecular complexity index is 856. The van der Waals surface area contributed by atoms with Crippen LogP contribution in [0.5, 0.6) is 0 Å². The van der Waals surface area contributed by atoms with Crippen molar-refractivity contribution in [3.8, 4) is 0 Å². The van der Waals surface area contributed by atoms with E-state index in [1.165, 1.54) is 11.8 Å². The fourth-order valence-corrected chi connectivity index (χ4v) is 3.26. The number of thioether (sulfide) groups is 1. The maximum absolute atomic E-state index is 12.0. The van der Waals surface area contributed by atoms with Gasteiger partial charge in [0.15, 0.2) is 5.16 Å². The summed E-state index contributed by atoms with van der Waals surface area (Å²) in [5.41, 5.74) is 0.985. The normalized spacial score (nSPS) is 17.4. The number of hydrogen-bond donors (Lipinski definition) is 1. The van der Waals surface area contributed by atoms with Gasteiger partial charge in [-0.3, -0.25) is 14.5 Å². The monoisotopic (exact) mass is 345 g/mol. The van der Waals surface area contributed by atoms with E-state index in [0.29, 0.717) is 12.5 Å². The quantitative estimate of drug-likeness (QED) is 0.709. The Morgan fingerprint density at radius 1 is 1.42 bits per heavy atom. The summed E-state index contributed by atoms with van der Waals surface area (Å²) in [5, 5.41) is 11.1. The molecular weight excluding hydrogens is 330 g/mol. The van der Waals surface area contributed by atoms with E-state index in [2.05, 4.69) is 20.5 Å². The van der Waals surface area contributed by atoms with Gasteiger partial charge in [0.1, 0.15) is 6.10 Å². The number of hydrogen-bond acceptors (Lipinski definition) is 7. The number of ether oxygens (including phenoxy) is 1. The van der Waals surface area contributed by atoms with Gasteiger partial charge in [0.2, 0.25) is 11.8 Å². The van der Waals surface area contributed by atoms with Crippen LogP contribution >= 0.6 is 11.8 Å². The Kier molecular flexibility index (Phi) is 4.18. The standard InChI is InChI=1S/C15H15N5O3S/c21-12(9-24-15-16-8-10-4-1-2-6-20(10)15)17-14-19-18-13(23-14)11-5-3-7-22-11/h1-2,4,6,8,11H,3,5,7,9H2,(H,17,19,21). The number of fused-ring (bicyclic) bond motifs is 1. The summed E-state index contributed by atoms with van der Waals surface area (Å²) in [7, 11) is 0. The average molecular weight is 345 g/mol. The van der Waals surface area contributed by atoms with E-state index in [9.17, 15) is 4.79 Å². The largest absolute Gasteiger partial charge is 0.405 e. The van der Waals surface area contributed by atoms with Crippen molar-refractivity contribution < 1.29 is 13.9 Å². The van der Waals surface area contributed by atoms with Gasteiger partial charge >= 0.3 is 6.01 Å². The van der Waals surface area contributed by atoms with Crippen LogP contribution < -0.4 is 5.32 Å². The minimum absolute atomic E-state index is 0.0964. The van der Waals surface area contributed by atoms with Crippen molar-refractivity contribution in [3.05, 3.63) is 36.5 Å². The molecule has 9 heteroatoms. The van der Waals surface area contributed by atoms with E-state index >= 15 is 0 Å². The fraction of sp³-hybridized carbons (Fsp3) is 0.333. The number of pyridine rings is 1. The maximum Gasteiger partial charge on any atom is 0.322 e. The van der Waals surface area contributed by atoms with Crippen molar-refractivity contribution in [2.45, 2.75) is 24.1 Å². The number of imidazole rings is 1. The van der Waals surface area contributed by atoms with Crippen molar-refractivity contribution in [1.82, 2.24) is 19.6 Å². The third-order valence-corrected chi connectivity index (χ3v) is 4.60. The number of carbonyl (C=O) groups excluding carboxylic acids is 1. The molecule has 24 heavy (non-hydrogen) atoms. The lowest BCUT2D eigenvalue weighted by Crippen LogP contribution is -2.14. The highest BCUT2D eigenvalue weighted by atomic mass is 32.2. The first-order valence-corrected chi connectivity index (χ1v) is 8.58. The van der Waals surface area contributed by atoms with Gasteiger partial charge < -0.3 is 9.15 Å². The number of nitrogens with zero attached hydrogens (tertiary/aromatic N) is 4. The molecule has 0 saturated carbocycles. The molecule has 0 aliphatic carbocycles. The summed E-state index contributed by atoms with van der Waals surface area (Å²) in [4.78, 5) is 16.4. The highest BCUT2D eigenvalue weighted by Gasteiger charge is 2.24. The summed E-state index contributed by atoms with van der Waals surface area (Å²) in [6, 6.07) is 5.92. The SMILES string of the molecule is O=C(CSc1ncc2ccccn12)Nc1nnc(C2CCCO2)o1. The van der Waals surface area contributed by atoms with Crippen molar-refractivity contribution in [1.29, 1.82) is 0 Å². The average Bonchev–Trinajstić information content (AvgIpc) is 3.33. The van der Waals surface area contributed by atoms with E-state index < -0.39 is 0 Å². The Labute approximate surface area is 141 Å². The molecule has 1 saturated heterocycles. The van der Waals surface area contributed by atoms with Gasteiger partial charge in [-0.25, -0.2) is 4.98 Å². The summed E-state index contributed by atoms with van der Waals surface area (Å²) in [6.45, 7) is 0.698. The number of rotatable bonds is 5. The van der Waals surface area contributed by atoms with Gasteiger partial charge in [-0.15, -0.1) is 5.10 Å². The van der Waals surface area contributed by atoms with Crippen LogP contribution in [-0.2, 0) is 9.53 Å². The number of amides is 1. The Balaban J connectivity index is 1.35. The summed E-state index contributed by atoms with van der Waals surface area (Å²) >= 11 is 1.34. The molecule has 4 heterocycles. The van der Waals surface area contributed by atoms with E-state index in [4.69, 9.17) is 9.15 Å². The lowest BCUT2D eigenvalue weighted by molar-refractivity contribution is -0.113. The van der Waals surface area contributed by atoms with Crippen LogP contribution in [0, 0.1) is 0 Å². The molecule has 4 rings (SSSR count). The van der Waals surface area contributed by atoms with Crippen LogP contribution in [-0.4, -0.2) is 37.8 Å². The Morgan fingerprint density at radius 3 is 3.25 bits per heavy atom. The van der Waals surface area contributed by atoms with Gasteiger partial charge in [0.05, 0.1) is 17.5 Å². The summed E-state index contributed by atoms with van der Waals surface area (Å²) in [5.74, 6) is 0.385. The van der Waals surface area contributed by atoms with Crippen LogP contribution in [0.1, 0.15) is 24.8 Å². The van der Waals surface area contributed by atoms with E-state index in [1.54, 1.807) is 6.20 Å². The van der Waals surface area contributed by atoms with Crippen molar-refractivity contribution >= 4 is 29.2 Å². The topological polar surface area (TPSA) is 94.6 Å². The molecule has 3 aromatic heterocycles. The molecular formula is C15H15N5O3S. The molecule has 1 amide bonds. The van der Waals surface area contributed by atoms with E-state index in [1.807, 2.05) is 28.8 Å². The number of carbonyl (C=O) groups is 1. The number of anilines is 1. The van der Waals surface area contributed by atoms with Crippen molar-refractivity contribution in [3.63, 3.8) is 0 Å². The van der Waals surface area contributed by atoms with Crippen LogP contribution in [0.2, 0.25) is 0 Å². The van der Waals surface area contributed by atoms with E-state index in [-0.39, 0.29) is 23.8 Å². The highest BCUT2D eigenvalue weighted by Crippen LogP contribution is 2.28. The molecule has 0 aromatic carbocycles. The zero-order valence-corrected chi connectivity index (χ0v) is 13.5. The van der Waals surface area contributed by atoms with Crippen LogP contribution in [0.25, 0.3) is 5.52 Å². The van der Waals surface area contributed by atoms with E-state index in [0.717, 1.165) is 23.5 Å². The predicted molar refractivity (Wildman–Crippen MR) is 86.8 cm³/mol.